The number of methoxy groups -OCH3 is 1. The summed E-state index contributed by atoms with van der Waals surface area (Å²) in [6, 6.07) is 0. The Balaban J connectivity index is 1.62. The Kier molecular flexibility index (Phi) is 6.33. The van der Waals surface area contributed by atoms with E-state index in [0.717, 1.165) is 25.7 Å². The number of rotatable bonds is 3. The first kappa shape index (κ1) is 19.4. The van der Waals surface area contributed by atoms with Crippen molar-refractivity contribution in [3.63, 3.8) is 0 Å². The molecule has 8 atom stereocenters. The van der Waals surface area contributed by atoms with Crippen LogP contribution in [0.4, 0.5) is 17.6 Å². The lowest BCUT2D eigenvalue weighted by atomic mass is 9.63. The maximum atomic E-state index is 14.9. The summed E-state index contributed by atoms with van der Waals surface area (Å²) in [6.07, 6.45) is -1.45. The number of hydrogen-bond acceptors (Lipinski definition) is 1. The molecule has 5 heteroatoms. The molecular formula is C20H32F4O. The van der Waals surface area contributed by atoms with Crippen LogP contribution in [0.5, 0.6) is 0 Å². The zero-order chi connectivity index (χ0) is 18.1. The third kappa shape index (κ3) is 3.86. The molecule has 3 saturated carbocycles. The van der Waals surface area contributed by atoms with Gasteiger partial charge in [0.15, 0.2) is 6.17 Å². The standard InChI is InChI=1S/C20H32F4O/c1-11-3-5-12(6-4-11)13-7-8-14(18(22)17(13)21)15-9-10-16(25-2)20(24)19(15)23/h11-20H,3-10H2,1-2H3/t11?,12?,13?,14-,15?,16?,17?,18?,19?,20?/m0/s1. The van der Waals surface area contributed by atoms with Crippen LogP contribution in [0.25, 0.3) is 0 Å². The second kappa shape index (κ2) is 8.14. The highest BCUT2D eigenvalue weighted by Crippen LogP contribution is 2.48. The van der Waals surface area contributed by atoms with E-state index in [-0.39, 0.29) is 11.8 Å². The van der Waals surface area contributed by atoms with Crippen molar-refractivity contribution in [1.82, 2.24) is 0 Å². The van der Waals surface area contributed by atoms with Gasteiger partial charge in [-0.25, -0.2) is 17.6 Å². The normalized spacial score (nSPS) is 52.1. The van der Waals surface area contributed by atoms with Gasteiger partial charge in [0, 0.05) is 7.11 Å². The van der Waals surface area contributed by atoms with Crippen molar-refractivity contribution in [2.24, 2.45) is 29.6 Å². The summed E-state index contributed by atoms with van der Waals surface area (Å²) in [4.78, 5) is 0. The van der Waals surface area contributed by atoms with Gasteiger partial charge in [-0.15, -0.1) is 0 Å². The van der Waals surface area contributed by atoms with Gasteiger partial charge in [-0.2, -0.15) is 0 Å². The first-order chi connectivity index (χ1) is 11.9. The molecular weight excluding hydrogens is 332 g/mol. The second-order valence-corrected chi connectivity index (χ2v) is 8.72. The highest BCUT2D eigenvalue weighted by molar-refractivity contribution is 4.99. The van der Waals surface area contributed by atoms with Gasteiger partial charge in [-0.1, -0.05) is 19.8 Å². The van der Waals surface area contributed by atoms with Gasteiger partial charge in [0.25, 0.3) is 0 Å². The zero-order valence-corrected chi connectivity index (χ0v) is 15.4. The number of halogens is 4. The third-order valence-electron chi connectivity index (χ3n) is 7.33. The smallest absolute Gasteiger partial charge is 0.157 e. The molecule has 0 amide bonds. The van der Waals surface area contributed by atoms with Crippen molar-refractivity contribution < 1.29 is 22.3 Å². The molecule has 0 aliphatic heterocycles. The molecule has 7 unspecified atom stereocenters. The SMILES string of the molecule is COC1CCC([C@@H]2CCC(C3CCC(C)CC3)C(F)C2F)C(F)C1F. The second-order valence-electron chi connectivity index (χ2n) is 8.72. The Morgan fingerprint density at radius 1 is 0.600 bits per heavy atom. The molecule has 0 aromatic rings. The lowest BCUT2D eigenvalue weighted by Crippen LogP contribution is -2.51. The van der Waals surface area contributed by atoms with Crippen LogP contribution in [0.2, 0.25) is 0 Å². The maximum Gasteiger partial charge on any atom is 0.157 e. The predicted octanol–water partition coefficient (Wildman–Crippen LogP) is 5.62. The fourth-order valence-electron chi connectivity index (χ4n) is 5.65. The Morgan fingerprint density at radius 2 is 1.08 bits per heavy atom. The summed E-state index contributed by atoms with van der Waals surface area (Å²) >= 11 is 0. The lowest BCUT2D eigenvalue weighted by Gasteiger charge is -2.45. The highest BCUT2D eigenvalue weighted by Gasteiger charge is 2.51. The molecule has 3 aliphatic rings. The Hall–Kier alpha value is -0.320. The van der Waals surface area contributed by atoms with E-state index in [1.165, 1.54) is 7.11 Å². The summed E-state index contributed by atoms with van der Waals surface area (Å²) in [7, 11) is 1.37. The minimum absolute atomic E-state index is 0.242. The Labute approximate surface area is 148 Å². The van der Waals surface area contributed by atoms with Crippen LogP contribution in [0.15, 0.2) is 0 Å². The van der Waals surface area contributed by atoms with Crippen molar-refractivity contribution in [2.45, 2.75) is 89.1 Å². The van der Waals surface area contributed by atoms with E-state index in [0.29, 0.717) is 31.6 Å². The van der Waals surface area contributed by atoms with Crippen molar-refractivity contribution in [1.29, 1.82) is 0 Å². The molecule has 0 saturated heterocycles. The lowest BCUT2D eigenvalue weighted by molar-refractivity contribution is -0.0986. The Bertz CT molecular complexity index is 426. The van der Waals surface area contributed by atoms with E-state index in [9.17, 15) is 17.6 Å². The van der Waals surface area contributed by atoms with E-state index in [2.05, 4.69) is 6.92 Å². The summed E-state index contributed by atoms with van der Waals surface area (Å²) in [6.45, 7) is 2.21. The van der Waals surface area contributed by atoms with Gasteiger partial charge in [-0.05, 0) is 68.1 Å². The van der Waals surface area contributed by atoms with Gasteiger partial charge in [-0.3, -0.25) is 0 Å². The van der Waals surface area contributed by atoms with Crippen LogP contribution in [-0.2, 0) is 4.74 Å². The van der Waals surface area contributed by atoms with Gasteiger partial charge in [0.05, 0.1) is 6.10 Å². The highest BCUT2D eigenvalue weighted by atomic mass is 19.2. The molecule has 1 nitrogen and oxygen atoms in total. The van der Waals surface area contributed by atoms with Crippen molar-refractivity contribution >= 4 is 0 Å². The average molecular weight is 364 g/mol. The molecule has 3 aliphatic carbocycles. The van der Waals surface area contributed by atoms with Gasteiger partial charge < -0.3 is 4.74 Å². The first-order valence-corrected chi connectivity index (χ1v) is 10.0. The summed E-state index contributed by atoms with van der Waals surface area (Å²) < 4.78 is 63.4. The summed E-state index contributed by atoms with van der Waals surface area (Å²) in [5.41, 5.74) is 0. The minimum Gasteiger partial charge on any atom is -0.378 e. The van der Waals surface area contributed by atoms with E-state index >= 15 is 0 Å². The van der Waals surface area contributed by atoms with E-state index in [4.69, 9.17) is 4.74 Å². The van der Waals surface area contributed by atoms with Crippen LogP contribution in [0.1, 0.15) is 58.3 Å². The van der Waals surface area contributed by atoms with E-state index < -0.39 is 42.6 Å². The molecule has 3 fully saturated rings. The molecule has 25 heavy (non-hydrogen) atoms. The summed E-state index contributed by atoms with van der Waals surface area (Å²) in [5.74, 6) is -0.726. The van der Waals surface area contributed by atoms with Crippen LogP contribution < -0.4 is 0 Å². The third-order valence-corrected chi connectivity index (χ3v) is 7.33. The van der Waals surface area contributed by atoms with Crippen molar-refractivity contribution in [3.8, 4) is 0 Å². The fourth-order valence-corrected chi connectivity index (χ4v) is 5.65. The van der Waals surface area contributed by atoms with E-state index in [1.807, 2.05) is 0 Å². The topological polar surface area (TPSA) is 9.23 Å². The zero-order valence-electron chi connectivity index (χ0n) is 15.4. The predicted molar refractivity (Wildman–Crippen MR) is 90.4 cm³/mol. The van der Waals surface area contributed by atoms with Crippen LogP contribution in [0, 0.1) is 29.6 Å². The Morgan fingerprint density at radius 3 is 1.68 bits per heavy atom. The van der Waals surface area contributed by atoms with Crippen molar-refractivity contribution in [2.75, 3.05) is 7.11 Å². The fraction of sp³-hybridized carbons (Fsp3) is 1.00. The molecule has 0 aromatic carbocycles. The molecule has 0 radical (unpaired) electrons. The molecule has 0 heterocycles. The van der Waals surface area contributed by atoms with E-state index in [1.54, 1.807) is 0 Å². The molecule has 0 bridgehead atoms. The maximum absolute atomic E-state index is 14.9. The molecule has 3 rings (SSSR count). The van der Waals surface area contributed by atoms with Crippen LogP contribution in [0.3, 0.4) is 0 Å². The van der Waals surface area contributed by atoms with Gasteiger partial charge in [0.2, 0.25) is 0 Å². The quantitative estimate of drug-likeness (QED) is 0.591. The first-order valence-electron chi connectivity index (χ1n) is 10.0. The minimum atomic E-state index is -1.75. The molecule has 0 aromatic heterocycles. The van der Waals surface area contributed by atoms with Crippen LogP contribution >= 0.6 is 0 Å². The number of hydrogen-bond donors (Lipinski definition) is 0. The number of ether oxygens (including phenoxy) is 1. The average Bonchev–Trinajstić information content (AvgIpc) is 2.61. The largest absolute Gasteiger partial charge is 0.378 e. The molecule has 0 spiro atoms. The summed E-state index contributed by atoms with van der Waals surface area (Å²) in [5, 5.41) is 0. The monoisotopic (exact) mass is 364 g/mol. The number of alkyl halides is 4. The van der Waals surface area contributed by atoms with Crippen LogP contribution in [-0.4, -0.2) is 37.9 Å². The van der Waals surface area contributed by atoms with Gasteiger partial charge >= 0.3 is 0 Å². The molecule has 0 N–H and O–H groups in total. The van der Waals surface area contributed by atoms with Gasteiger partial charge in [0.1, 0.15) is 18.5 Å². The molecule has 146 valence electrons. The van der Waals surface area contributed by atoms with Crippen molar-refractivity contribution in [3.05, 3.63) is 0 Å².